The highest BCUT2D eigenvalue weighted by molar-refractivity contribution is 6.36. The van der Waals surface area contributed by atoms with E-state index < -0.39 is 11.8 Å². The molecule has 0 radical (unpaired) electrons. The number of ether oxygens (including phenoxy) is 2. The summed E-state index contributed by atoms with van der Waals surface area (Å²) in [4.78, 5) is 48.8. The highest BCUT2D eigenvalue weighted by atomic mass is 35.5. The number of aromatic nitrogens is 1. The molecular weight excluding hydrogens is 682 g/mol. The fourth-order valence-corrected chi connectivity index (χ4v) is 7.55. The summed E-state index contributed by atoms with van der Waals surface area (Å²) in [5.41, 5.74) is 6.73. The Morgan fingerprint density at radius 1 is 1.13 bits per heavy atom. The Bertz CT molecular complexity index is 1930. The van der Waals surface area contributed by atoms with Crippen molar-refractivity contribution in [3.8, 4) is 28.3 Å². The maximum Gasteiger partial charge on any atom is 0.315 e. The molecule has 2 unspecified atom stereocenters. The Labute approximate surface area is 309 Å². The number of methoxy groups -OCH3 is 2. The summed E-state index contributed by atoms with van der Waals surface area (Å²) in [7, 11) is 6.95. The normalized spacial score (nSPS) is 18.6. The van der Waals surface area contributed by atoms with Gasteiger partial charge in [-0.15, -0.1) is 0 Å². The molecule has 1 saturated heterocycles. The molecule has 0 bridgehead atoms. The SMILES string of the molecule is C=C1N(CCOC)C=C(C(=O)Nc2cccc(-c3cccc(-c4cc5c(c(OC)n4)C(N(C)CCC4CCNC(=O)N4)CC5)c3Cl)c2C)C(=O)N1C. The van der Waals surface area contributed by atoms with E-state index in [2.05, 4.69) is 40.5 Å². The van der Waals surface area contributed by atoms with Crippen molar-refractivity contribution in [2.24, 2.45) is 0 Å². The third kappa shape index (κ3) is 7.37. The number of fused-ring (bicyclic) bond motifs is 1. The number of pyridine rings is 1. The third-order valence-corrected chi connectivity index (χ3v) is 10.7. The lowest BCUT2D eigenvalue weighted by atomic mass is 9.96. The summed E-state index contributed by atoms with van der Waals surface area (Å²) in [6, 6.07) is 13.8. The molecule has 274 valence electrons. The van der Waals surface area contributed by atoms with Gasteiger partial charge in [-0.3, -0.25) is 19.4 Å². The minimum Gasteiger partial charge on any atom is -0.481 e. The van der Waals surface area contributed by atoms with E-state index in [9.17, 15) is 14.4 Å². The molecule has 2 aliphatic heterocycles. The standard InChI is InChI=1S/C39H46ClN7O5/c1-23-27(9-8-12-31(23)43-36(48)30-22-47(19-20-51-5)24(2)46(4)38(30)49)28-10-7-11-29(35(28)40)32-21-25-13-14-33(34(25)37(44-32)52-6)45(3)18-16-26-15-17-41-39(50)42-26/h7-12,21-22,26,33H,2,13-20H2,1,3-6H3,(H,43,48)(H2,41,42,50). The zero-order chi connectivity index (χ0) is 37.1. The number of carbonyl (C=O) groups is 3. The molecule has 13 heteroatoms. The zero-order valence-corrected chi connectivity index (χ0v) is 31.1. The summed E-state index contributed by atoms with van der Waals surface area (Å²) in [6.07, 6.45) is 5.12. The summed E-state index contributed by atoms with van der Waals surface area (Å²) in [6.45, 7) is 8.26. The minimum absolute atomic E-state index is 0.00355. The van der Waals surface area contributed by atoms with E-state index in [1.165, 1.54) is 16.7 Å². The van der Waals surface area contributed by atoms with E-state index >= 15 is 0 Å². The Morgan fingerprint density at radius 3 is 2.63 bits per heavy atom. The van der Waals surface area contributed by atoms with Crippen LogP contribution >= 0.6 is 11.6 Å². The van der Waals surface area contributed by atoms with Gasteiger partial charge in [0.25, 0.3) is 11.8 Å². The number of nitrogens with zero attached hydrogens (tertiary/aromatic N) is 4. The van der Waals surface area contributed by atoms with Crippen molar-refractivity contribution >= 4 is 35.1 Å². The summed E-state index contributed by atoms with van der Waals surface area (Å²) in [5, 5.41) is 9.31. The quantitative estimate of drug-likeness (QED) is 0.210. The second-order valence-electron chi connectivity index (χ2n) is 13.4. The summed E-state index contributed by atoms with van der Waals surface area (Å²) >= 11 is 7.19. The van der Waals surface area contributed by atoms with Crippen LogP contribution in [0.5, 0.6) is 5.88 Å². The van der Waals surface area contributed by atoms with Crippen LogP contribution in [0.1, 0.15) is 42.0 Å². The van der Waals surface area contributed by atoms with Crippen molar-refractivity contribution in [3.05, 3.63) is 88.4 Å². The predicted molar refractivity (Wildman–Crippen MR) is 202 cm³/mol. The number of anilines is 1. The molecule has 3 aliphatic rings. The molecule has 3 N–H and O–H groups in total. The van der Waals surface area contributed by atoms with E-state index in [0.717, 1.165) is 65.7 Å². The molecule has 1 fully saturated rings. The Morgan fingerprint density at radius 2 is 1.88 bits per heavy atom. The second kappa shape index (κ2) is 15.8. The molecule has 3 heterocycles. The van der Waals surface area contributed by atoms with Gasteiger partial charge in [-0.25, -0.2) is 9.78 Å². The number of halogens is 1. The van der Waals surface area contributed by atoms with Crippen LogP contribution in [0.25, 0.3) is 22.4 Å². The van der Waals surface area contributed by atoms with Crippen LogP contribution in [0.15, 0.2) is 66.6 Å². The van der Waals surface area contributed by atoms with E-state index in [4.69, 9.17) is 26.1 Å². The van der Waals surface area contributed by atoms with Crippen LogP contribution < -0.4 is 20.7 Å². The highest BCUT2D eigenvalue weighted by Crippen LogP contribution is 2.44. The number of carbonyl (C=O) groups excluding carboxylic acids is 3. The number of nitrogens with one attached hydrogen (secondary N) is 3. The lowest BCUT2D eigenvalue weighted by molar-refractivity contribution is -0.128. The number of aryl methyl sites for hydroxylation is 1. The first kappa shape index (κ1) is 36.9. The molecule has 2 atom stereocenters. The second-order valence-corrected chi connectivity index (χ2v) is 13.8. The van der Waals surface area contributed by atoms with Crippen molar-refractivity contribution in [1.82, 2.24) is 30.3 Å². The Balaban J connectivity index is 1.24. The van der Waals surface area contributed by atoms with Crippen molar-refractivity contribution in [2.45, 2.75) is 44.7 Å². The molecule has 12 nitrogen and oxygen atoms in total. The Hall–Kier alpha value is -4.91. The molecule has 6 rings (SSSR count). The van der Waals surface area contributed by atoms with Gasteiger partial charge in [-0.1, -0.05) is 48.5 Å². The van der Waals surface area contributed by atoms with Gasteiger partial charge in [0.1, 0.15) is 11.4 Å². The van der Waals surface area contributed by atoms with Crippen molar-refractivity contribution in [1.29, 1.82) is 0 Å². The molecule has 1 aromatic heterocycles. The fraction of sp³-hybridized carbons (Fsp3) is 0.385. The fourth-order valence-electron chi connectivity index (χ4n) is 7.22. The van der Waals surface area contributed by atoms with Gasteiger partial charge in [0, 0.05) is 74.5 Å². The van der Waals surface area contributed by atoms with Gasteiger partial charge in [0.15, 0.2) is 0 Å². The van der Waals surface area contributed by atoms with Gasteiger partial charge >= 0.3 is 6.03 Å². The van der Waals surface area contributed by atoms with Crippen molar-refractivity contribution in [2.75, 3.05) is 59.9 Å². The van der Waals surface area contributed by atoms with E-state index in [1.54, 1.807) is 32.2 Å². The number of amides is 4. The molecule has 3 aromatic rings. The molecule has 0 saturated carbocycles. The maximum absolute atomic E-state index is 13.5. The van der Waals surface area contributed by atoms with Gasteiger partial charge in [0.05, 0.1) is 24.4 Å². The number of hydrogen-bond donors (Lipinski definition) is 3. The third-order valence-electron chi connectivity index (χ3n) is 10.3. The van der Waals surface area contributed by atoms with Gasteiger partial charge in [0.2, 0.25) is 5.88 Å². The number of benzene rings is 2. The van der Waals surface area contributed by atoms with Crippen LogP contribution in [0, 0.1) is 6.92 Å². The summed E-state index contributed by atoms with van der Waals surface area (Å²) in [5.74, 6) is 0.0850. The largest absolute Gasteiger partial charge is 0.481 e. The summed E-state index contributed by atoms with van der Waals surface area (Å²) < 4.78 is 11.1. The first-order chi connectivity index (χ1) is 25.0. The molecule has 4 amide bonds. The van der Waals surface area contributed by atoms with Crippen molar-refractivity contribution < 1.29 is 23.9 Å². The smallest absolute Gasteiger partial charge is 0.315 e. The zero-order valence-electron chi connectivity index (χ0n) is 30.3. The molecule has 1 aliphatic carbocycles. The molecule has 52 heavy (non-hydrogen) atoms. The Kier molecular flexibility index (Phi) is 11.2. The average Bonchev–Trinajstić information content (AvgIpc) is 3.58. The van der Waals surface area contributed by atoms with Crippen LogP contribution in [-0.4, -0.2) is 98.1 Å². The van der Waals surface area contributed by atoms with Crippen LogP contribution in [0.2, 0.25) is 5.02 Å². The van der Waals surface area contributed by atoms with Crippen molar-refractivity contribution in [3.63, 3.8) is 0 Å². The van der Waals surface area contributed by atoms with Gasteiger partial charge in [-0.05, 0) is 68.5 Å². The lowest BCUT2D eigenvalue weighted by Crippen LogP contribution is -2.50. The van der Waals surface area contributed by atoms with Crippen LogP contribution in [0.3, 0.4) is 0 Å². The number of likely N-dealkylation sites (N-methyl/N-ethyl adjacent to an activating group) is 1. The van der Waals surface area contributed by atoms with Crippen LogP contribution in [-0.2, 0) is 20.7 Å². The topological polar surface area (TPSA) is 128 Å². The first-order valence-electron chi connectivity index (χ1n) is 17.5. The monoisotopic (exact) mass is 727 g/mol. The lowest BCUT2D eigenvalue weighted by Gasteiger charge is -2.34. The van der Waals surface area contributed by atoms with Gasteiger partial charge < -0.3 is 30.3 Å². The van der Waals surface area contributed by atoms with Gasteiger partial charge in [-0.2, -0.15) is 0 Å². The molecular formula is C39H46ClN7O5. The van der Waals surface area contributed by atoms with E-state index in [1.807, 2.05) is 37.3 Å². The van der Waals surface area contributed by atoms with Crippen LogP contribution in [0.4, 0.5) is 10.5 Å². The number of rotatable bonds is 12. The average molecular weight is 728 g/mol. The van der Waals surface area contributed by atoms with E-state index in [0.29, 0.717) is 42.1 Å². The number of hydrogen-bond acceptors (Lipinski definition) is 8. The van der Waals surface area contributed by atoms with E-state index in [-0.39, 0.29) is 23.7 Å². The maximum atomic E-state index is 13.5. The molecule has 2 aromatic carbocycles. The highest BCUT2D eigenvalue weighted by Gasteiger charge is 2.33. The minimum atomic E-state index is -0.525. The first-order valence-corrected chi connectivity index (χ1v) is 17.9. The number of urea groups is 1. The predicted octanol–water partition coefficient (Wildman–Crippen LogP) is 5.48. The molecule has 0 spiro atoms.